The second kappa shape index (κ2) is 10.3. The maximum atomic E-state index is 13.7. The minimum absolute atomic E-state index is 0.0362. The van der Waals surface area contributed by atoms with Gasteiger partial charge in [0.25, 0.3) is 0 Å². The Morgan fingerprint density at radius 3 is 2.72 bits per heavy atom. The topological polar surface area (TPSA) is 173 Å². The molecule has 36 heavy (non-hydrogen) atoms. The largest absolute Gasteiger partial charge is 0.462 e. The molecule has 3 heterocycles. The maximum absolute atomic E-state index is 13.7. The summed E-state index contributed by atoms with van der Waals surface area (Å²) in [5, 5.41) is 13.5. The highest BCUT2D eigenvalue weighted by Gasteiger charge is 2.62. The number of ether oxygens (including phenoxy) is 3. The average molecular weight is 524 g/mol. The highest BCUT2D eigenvalue weighted by molar-refractivity contribution is 7.52. The smallest absolute Gasteiger partial charge is 0.459 e. The third-order valence-electron chi connectivity index (χ3n) is 5.64. The predicted octanol–water partition coefficient (Wildman–Crippen LogP) is 0.986. The van der Waals surface area contributed by atoms with Crippen LogP contribution in [0.2, 0.25) is 0 Å². The van der Waals surface area contributed by atoms with Crippen molar-refractivity contribution in [2.45, 2.75) is 57.0 Å². The molecule has 2 aromatic rings. The van der Waals surface area contributed by atoms with E-state index in [9.17, 15) is 19.3 Å². The molecule has 2 aliphatic rings. The monoisotopic (exact) mass is 524 g/mol. The Bertz CT molecular complexity index is 1190. The zero-order chi connectivity index (χ0) is 26.1. The summed E-state index contributed by atoms with van der Waals surface area (Å²) in [6, 6.07) is 8.61. The predicted molar refractivity (Wildman–Crippen MR) is 126 cm³/mol. The molecule has 4 N–H and O–H groups in total. The summed E-state index contributed by atoms with van der Waals surface area (Å²) in [5.41, 5.74) is 3.40. The van der Waals surface area contributed by atoms with E-state index in [1.165, 1.54) is 19.2 Å². The van der Waals surface area contributed by atoms with Crippen LogP contribution in [0.1, 0.15) is 27.0 Å². The first-order chi connectivity index (χ1) is 17.0. The molecule has 2 aliphatic heterocycles. The van der Waals surface area contributed by atoms with Crippen LogP contribution < -0.4 is 21.0 Å². The number of nitrogen functional groups attached to an aromatic ring is 1. The molecule has 0 aliphatic carbocycles. The third-order valence-corrected chi connectivity index (χ3v) is 7.26. The van der Waals surface area contributed by atoms with Gasteiger partial charge in [-0.1, -0.05) is 18.2 Å². The van der Waals surface area contributed by atoms with Crippen molar-refractivity contribution in [2.24, 2.45) is 0 Å². The number of carbonyl (C=O) groups excluding carboxylic acids is 1. The molecule has 1 unspecified atom stereocenters. The molecule has 4 rings (SSSR count). The van der Waals surface area contributed by atoms with Crippen LogP contribution in [0.15, 0.2) is 47.4 Å². The lowest BCUT2D eigenvalue weighted by atomic mass is 10.0. The van der Waals surface area contributed by atoms with Gasteiger partial charge in [-0.25, -0.2) is 9.36 Å². The van der Waals surface area contributed by atoms with E-state index < -0.39 is 56.1 Å². The van der Waals surface area contributed by atoms with E-state index >= 15 is 0 Å². The van der Waals surface area contributed by atoms with Crippen molar-refractivity contribution in [3.63, 3.8) is 0 Å². The first kappa shape index (κ1) is 26.3. The van der Waals surface area contributed by atoms with Gasteiger partial charge in [0.15, 0.2) is 6.23 Å². The molecular formula is C22H29N4O9P. The molecule has 13 nitrogen and oxygen atoms in total. The Kier molecular flexibility index (Phi) is 7.51. The molecule has 0 amide bonds. The fourth-order valence-electron chi connectivity index (χ4n) is 3.89. The van der Waals surface area contributed by atoms with Crippen molar-refractivity contribution in [3.05, 3.63) is 53.1 Å². The quantitative estimate of drug-likeness (QED) is 0.297. The number of esters is 1. The molecule has 2 bridgehead atoms. The number of hydrogen-bond donors (Lipinski definition) is 3. The Labute approximate surface area is 207 Å². The summed E-state index contributed by atoms with van der Waals surface area (Å²) in [6.45, 7) is 4.30. The first-order valence-electron chi connectivity index (χ1n) is 11.3. The summed E-state index contributed by atoms with van der Waals surface area (Å²) in [4.78, 5) is 28.3. The van der Waals surface area contributed by atoms with Gasteiger partial charge in [-0.2, -0.15) is 10.1 Å². The van der Waals surface area contributed by atoms with E-state index in [2.05, 4.69) is 10.1 Å². The molecule has 2 fully saturated rings. The van der Waals surface area contributed by atoms with Crippen LogP contribution in [-0.2, 0) is 28.1 Å². The number of fused-ring (bicyclic) bond motifs is 2. The standard InChI is InChI=1S/C22H29N4O9P/c1-13(2)33-20(28)14(3)25-36(30,35-15-7-5-4-6-8-15)32-12-22-11-31-17(18(22)27)19(34-22)26-10-9-16(23)24-21(26)29/h4-10,13-14,17-19,27H,11-12H2,1-3H3,(H,25,30)(H2,23,24,29)/t14-,17+,18-,19+,22+,36?/m0/s1. The highest BCUT2D eigenvalue weighted by atomic mass is 31.2. The number of nitrogens with two attached hydrogens (primary N) is 1. The van der Waals surface area contributed by atoms with Crippen LogP contribution in [0, 0.1) is 0 Å². The van der Waals surface area contributed by atoms with Gasteiger partial charge in [-0.05, 0) is 39.0 Å². The molecule has 1 aromatic heterocycles. The SMILES string of the molecule is CC(C)OC(=O)[C@H](C)NP(=O)(OC[C@@]12CO[C@@H]([C@H](n3ccc(N)nc3=O)O1)[C@@H]2O)Oc1ccccc1. The number of aliphatic hydroxyl groups is 1. The van der Waals surface area contributed by atoms with Gasteiger partial charge < -0.3 is 29.6 Å². The van der Waals surface area contributed by atoms with Crippen LogP contribution in [0.3, 0.4) is 0 Å². The second-order valence-electron chi connectivity index (χ2n) is 8.85. The van der Waals surface area contributed by atoms with E-state index in [-0.39, 0.29) is 24.3 Å². The van der Waals surface area contributed by atoms with Crippen molar-refractivity contribution in [3.8, 4) is 5.75 Å². The van der Waals surface area contributed by atoms with Crippen molar-refractivity contribution in [1.29, 1.82) is 0 Å². The minimum Gasteiger partial charge on any atom is -0.462 e. The maximum Gasteiger partial charge on any atom is 0.459 e. The van der Waals surface area contributed by atoms with Crippen LogP contribution >= 0.6 is 7.75 Å². The lowest BCUT2D eigenvalue weighted by Crippen LogP contribution is -2.46. The molecule has 2 saturated heterocycles. The molecule has 1 aromatic carbocycles. The van der Waals surface area contributed by atoms with Gasteiger partial charge in [0, 0.05) is 6.20 Å². The zero-order valence-electron chi connectivity index (χ0n) is 20.0. The Morgan fingerprint density at radius 1 is 1.33 bits per heavy atom. The summed E-state index contributed by atoms with van der Waals surface area (Å²) in [6.07, 6.45) is -2.14. The zero-order valence-corrected chi connectivity index (χ0v) is 20.9. The van der Waals surface area contributed by atoms with Crippen LogP contribution in [0.5, 0.6) is 5.75 Å². The number of anilines is 1. The molecule has 14 heteroatoms. The lowest BCUT2D eigenvalue weighted by molar-refractivity contribution is -0.185. The number of benzene rings is 1. The summed E-state index contributed by atoms with van der Waals surface area (Å²) < 4.78 is 43.0. The third kappa shape index (κ3) is 5.46. The van der Waals surface area contributed by atoms with Gasteiger partial charge in [0.1, 0.15) is 35.4 Å². The molecule has 0 radical (unpaired) electrons. The number of nitrogens with one attached hydrogen (secondary N) is 1. The molecule has 196 valence electrons. The molecular weight excluding hydrogens is 495 g/mol. The summed E-state index contributed by atoms with van der Waals surface area (Å²) in [7, 11) is -4.21. The number of carbonyl (C=O) groups is 1. The molecule has 6 atom stereocenters. The number of aromatic nitrogens is 2. The van der Waals surface area contributed by atoms with E-state index in [0.29, 0.717) is 0 Å². The minimum atomic E-state index is -4.21. The van der Waals surface area contributed by atoms with Gasteiger partial charge in [0.2, 0.25) is 0 Å². The summed E-state index contributed by atoms with van der Waals surface area (Å²) in [5.74, 6) is -0.393. The van der Waals surface area contributed by atoms with Crippen molar-refractivity contribution in [2.75, 3.05) is 18.9 Å². The summed E-state index contributed by atoms with van der Waals surface area (Å²) >= 11 is 0. The van der Waals surface area contributed by atoms with E-state index in [1.54, 1.807) is 44.2 Å². The van der Waals surface area contributed by atoms with Crippen LogP contribution in [-0.4, -0.2) is 63.8 Å². The second-order valence-corrected chi connectivity index (χ2v) is 10.5. The number of rotatable bonds is 10. The fraction of sp³-hybridized carbons (Fsp3) is 0.500. The number of nitrogens with zero attached hydrogens (tertiary/aromatic N) is 2. The van der Waals surface area contributed by atoms with E-state index in [1.807, 2.05) is 0 Å². The first-order valence-corrected chi connectivity index (χ1v) is 12.9. The highest BCUT2D eigenvalue weighted by Crippen LogP contribution is 2.50. The van der Waals surface area contributed by atoms with Crippen molar-refractivity contribution < 1.29 is 37.7 Å². The van der Waals surface area contributed by atoms with Crippen molar-refractivity contribution in [1.82, 2.24) is 14.6 Å². The Balaban J connectivity index is 1.53. The lowest BCUT2D eigenvalue weighted by Gasteiger charge is -2.32. The van der Waals surface area contributed by atoms with Crippen LogP contribution in [0.4, 0.5) is 5.82 Å². The van der Waals surface area contributed by atoms with Crippen molar-refractivity contribution >= 4 is 19.5 Å². The fourth-order valence-corrected chi connectivity index (χ4v) is 5.43. The molecule has 0 saturated carbocycles. The number of para-hydroxylation sites is 1. The van der Waals surface area contributed by atoms with E-state index in [4.69, 9.17) is 29.0 Å². The Morgan fingerprint density at radius 2 is 2.06 bits per heavy atom. The van der Waals surface area contributed by atoms with Gasteiger partial charge in [0.05, 0.1) is 19.3 Å². The Hall–Kier alpha value is -2.80. The molecule has 0 spiro atoms. The number of aliphatic hydroxyl groups excluding tert-OH is 1. The normalized spacial score (nSPS) is 27.5. The van der Waals surface area contributed by atoms with Gasteiger partial charge >= 0.3 is 19.4 Å². The van der Waals surface area contributed by atoms with Gasteiger partial charge in [-0.15, -0.1) is 0 Å². The number of hydrogen-bond acceptors (Lipinski definition) is 11. The van der Waals surface area contributed by atoms with Crippen LogP contribution in [0.25, 0.3) is 0 Å². The average Bonchev–Trinajstić information content (AvgIpc) is 3.27. The van der Waals surface area contributed by atoms with Gasteiger partial charge in [-0.3, -0.25) is 13.9 Å². The van der Waals surface area contributed by atoms with E-state index in [0.717, 1.165) is 4.57 Å².